The Bertz CT molecular complexity index is 302. The molecule has 0 bridgehead atoms. The van der Waals surface area contributed by atoms with Crippen molar-refractivity contribution in [2.75, 3.05) is 13.6 Å². The van der Waals surface area contributed by atoms with Crippen molar-refractivity contribution in [3.8, 4) is 0 Å². The van der Waals surface area contributed by atoms with Crippen LogP contribution in [-0.4, -0.2) is 18.6 Å². The lowest BCUT2D eigenvalue weighted by Gasteiger charge is -2.13. The van der Waals surface area contributed by atoms with Crippen LogP contribution in [-0.2, 0) is 6.42 Å². The van der Waals surface area contributed by atoms with Crippen molar-refractivity contribution in [1.82, 2.24) is 10.3 Å². The van der Waals surface area contributed by atoms with E-state index in [1.54, 1.807) is 11.3 Å². The fourth-order valence-electron chi connectivity index (χ4n) is 2.01. The van der Waals surface area contributed by atoms with Crippen LogP contribution in [0.4, 0.5) is 0 Å². The fraction of sp³-hybridized carbons (Fsp3) is 0.727. The zero-order valence-corrected chi connectivity index (χ0v) is 9.78. The van der Waals surface area contributed by atoms with E-state index in [9.17, 15) is 0 Å². The van der Waals surface area contributed by atoms with Gasteiger partial charge < -0.3 is 5.32 Å². The van der Waals surface area contributed by atoms with Crippen LogP contribution in [0.15, 0.2) is 5.51 Å². The molecule has 1 N–H and O–H groups in total. The molecule has 0 unspecified atom stereocenters. The van der Waals surface area contributed by atoms with Gasteiger partial charge in [0.25, 0.3) is 0 Å². The first-order valence-corrected chi connectivity index (χ1v) is 6.17. The van der Waals surface area contributed by atoms with E-state index in [2.05, 4.69) is 24.3 Å². The summed E-state index contributed by atoms with van der Waals surface area (Å²) in [6.45, 7) is 3.30. The van der Waals surface area contributed by atoms with Crippen LogP contribution in [0, 0.1) is 12.3 Å². The van der Waals surface area contributed by atoms with E-state index in [0.717, 1.165) is 0 Å². The molecule has 1 aromatic heterocycles. The molecule has 2 nitrogen and oxygen atoms in total. The fourth-order valence-corrected chi connectivity index (χ4v) is 2.79. The molecule has 0 radical (unpaired) electrons. The molecule has 1 aliphatic carbocycles. The highest BCUT2D eigenvalue weighted by molar-refractivity contribution is 7.09. The number of rotatable bonds is 5. The van der Waals surface area contributed by atoms with E-state index in [-0.39, 0.29) is 0 Å². The minimum atomic E-state index is 0.630. The van der Waals surface area contributed by atoms with Gasteiger partial charge in [0.1, 0.15) is 0 Å². The smallest absolute Gasteiger partial charge is 0.0797 e. The number of aryl methyl sites for hydroxylation is 2. The highest BCUT2D eigenvalue weighted by atomic mass is 32.1. The van der Waals surface area contributed by atoms with Gasteiger partial charge in [0.05, 0.1) is 11.2 Å². The lowest BCUT2D eigenvalue weighted by molar-refractivity contribution is 0.445. The number of thiazole rings is 1. The Kier molecular flexibility index (Phi) is 2.88. The zero-order chi connectivity index (χ0) is 10.0. The van der Waals surface area contributed by atoms with Crippen molar-refractivity contribution in [2.24, 2.45) is 5.41 Å². The van der Waals surface area contributed by atoms with Gasteiger partial charge in [-0.25, -0.2) is 4.98 Å². The normalized spacial score (nSPS) is 18.4. The van der Waals surface area contributed by atoms with Crippen molar-refractivity contribution in [3.63, 3.8) is 0 Å². The van der Waals surface area contributed by atoms with Crippen LogP contribution in [0.5, 0.6) is 0 Å². The van der Waals surface area contributed by atoms with Crippen LogP contribution in [0.3, 0.4) is 0 Å². The first-order valence-electron chi connectivity index (χ1n) is 5.29. The van der Waals surface area contributed by atoms with Crippen molar-refractivity contribution < 1.29 is 0 Å². The summed E-state index contributed by atoms with van der Waals surface area (Å²) in [5, 5.41) is 3.30. The highest BCUT2D eigenvalue weighted by Gasteiger charge is 2.41. The molecule has 14 heavy (non-hydrogen) atoms. The molecule has 2 rings (SSSR count). The first-order chi connectivity index (χ1) is 6.76. The molecule has 0 amide bonds. The third kappa shape index (κ3) is 2.15. The molecule has 78 valence electrons. The molecule has 1 fully saturated rings. The summed E-state index contributed by atoms with van der Waals surface area (Å²) in [7, 11) is 2.05. The van der Waals surface area contributed by atoms with Gasteiger partial charge in [0.15, 0.2) is 0 Å². The molecule has 0 aliphatic heterocycles. The van der Waals surface area contributed by atoms with Crippen LogP contribution < -0.4 is 5.32 Å². The van der Waals surface area contributed by atoms with E-state index in [0.29, 0.717) is 5.41 Å². The van der Waals surface area contributed by atoms with Crippen molar-refractivity contribution in [3.05, 3.63) is 16.1 Å². The minimum absolute atomic E-state index is 0.630. The molecular weight excluding hydrogens is 192 g/mol. The maximum absolute atomic E-state index is 4.29. The Morgan fingerprint density at radius 1 is 1.57 bits per heavy atom. The van der Waals surface area contributed by atoms with Crippen LogP contribution in [0.2, 0.25) is 0 Å². The van der Waals surface area contributed by atoms with Crippen LogP contribution >= 0.6 is 11.3 Å². The predicted octanol–water partition coefficient (Wildman–Crippen LogP) is 2.38. The number of hydrogen-bond donors (Lipinski definition) is 1. The molecular formula is C11H18N2S. The summed E-state index contributed by atoms with van der Waals surface area (Å²) < 4.78 is 0. The molecule has 1 heterocycles. The maximum atomic E-state index is 4.29. The maximum Gasteiger partial charge on any atom is 0.0797 e. The van der Waals surface area contributed by atoms with E-state index < -0.39 is 0 Å². The van der Waals surface area contributed by atoms with Crippen molar-refractivity contribution in [1.29, 1.82) is 0 Å². The SMILES string of the molecule is CNCC1(CCc2scnc2C)CC1. The average molecular weight is 210 g/mol. The summed E-state index contributed by atoms with van der Waals surface area (Å²) in [6, 6.07) is 0. The van der Waals surface area contributed by atoms with E-state index in [1.165, 1.54) is 42.8 Å². The number of nitrogens with zero attached hydrogens (tertiary/aromatic N) is 1. The Morgan fingerprint density at radius 3 is 2.86 bits per heavy atom. The molecule has 0 aromatic carbocycles. The molecule has 3 heteroatoms. The van der Waals surface area contributed by atoms with Gasteiger partial charge in [0.2, 0.25) is 0 Å². The van der Waals surface area contributed by atoms with Crippen LogP contribution in [0.25, 0.3) is 0 Å². The van der Waals surface area contributed by atoms with Gasteiger partial charge in [-0.1, -0.05) is 0 Å². The second-order valence-corrected chi connectivity index (χ2v) is 5.33. The van der Waals surface area contributed by atoms with Gasteiger partial charge >= 0.3 is 0 Å². The van der Waals surface area contributed by atoms with Crippen molar-refractivity contribution in [2.45, 2.75) is 32.6 Å². The molecule has 0 atom stereocenters. The number of nitrogens with one attached hydrogen (secondary N) is 1. The summed E-state index contributed by atoms with van der Waals surface area (Å²) in [6.07, 6.45) is 5.37. The Hall–Kier alpha value is -0.410. The Morgan fingerprint density at radius 2 is 2.36 bits per heavy atom. The summed E-state index contributed by atoms with van der Waals surface area (Å²) in [5.74, 6) is 0. The van der Waals surface area contributed by atoms with Gasteiger partial charge in [-0.2, -0.15) is 0 Å². The second kappa shape index (κ2) is 3.99. The van der Waals surface area contributed by atoms with Gasteiger partial charge in [0, 0.05) is 11.4 Å². The summed E-state index contributed by atoms with van der Waals surface area (Å²) in [5.41, 5.74) is 3.82. The first kappa shape index (κ1) is 10.1. The second-order valence-electron chi connectivity index (χ2n) is 4.39. The number of hydrogen-bond acceptors (Lipinski definition) is 3. The topological polar surface area (TPSA) is 24.9 Å². The quantitative estimate of drug-likeness (QED) is 0.807. The van der Waals surface area contributed by atoms with E-state index in [4.69, 9.17) is 0 Å². The van der Waals surface area contributed by atoms with Gasteiger partial charge in [-0.3, -0.25) is 0 Å². The third-order valence-electron chi connectivity index (χ3n) is 3.24. The summed E-state index contributed by atoms with van der Waals surface area (Å²) >= 11 is 1.80. The standard InChI is InChI=1S/C11H18N2S/c1-9-10(14-8-13-9)3-4-11(5-6-11)7-12-2/h8,12H,3-7H2,1-2H3. The Balaban J connectivity index is 1.86. The molecule has 1 aromatic rings. The van der Waals surface area contributed by atoms with Crippen molar-refractivity contribution >= 4 is 11.3 Å². The predicted molar refractivity (Wildman–Crippen MR) is 60.8 cm³/mol. The van der Waals surface area contributed by atoms with Crippen LogP contribution in [0.1, 0.15) is 29.8 Å². The average Bonchev–Trinajstić information content (AvgIpc) is 2.81. The zero-order valence-electron chi connectivity index (χ0n) is 8.97. The lowest BCUT2D eigenvalue weighted by atomic mass is 9.99. The third-order valence-corrected chi connectivity index (χ3v) is 4.23. The van der Waals surface area contributed by atoms with E-state index in [1.807, 2.05) is 5.51 Å². The monoisotopic (exact) mass is 210 g/mol. The molecule has 1 aliphatic rings. The van der Waals surface area contributed by atoms with Gasteiger partial charge in [-0.15, -0.1) is 11.3 Å². The highest BCUT2D eigenvalue weighted by Crippen LogP contribution is 2.49. The molecule has 1 saturated carbocycles. The van der Waals surface area contributed by atoms with Gasteiger partial charge in [-0.05, 0) is 45.1 Å². The number of aromatic nitrogens is 1. The molecule has 0 spiro atoms. The van der Waals surface area contributed by atoms with E-state index >= 15 is 0 Å². The lowest BCUT2D eigenvalue weighted by Crippen LogP contribution is -2.20. The minimum Gasteiger partial charge on any atom is -0.319 e. The largest absolute Gasteiger partial charge is 0.319 e. The molecule has 0 saturated heterocycles. The summed E-state index contributed by atoms with van der Waals surface area (Å²) in [4.78, 5) is 5.77. The Labute approximate surface area is 89.8 Å².